The number of aryl methyl sites for hydroxylation is 1. The lowest BCUT2D eigenvalue weighted by molar-refractivity contribution is -0.113. The quantitative estimate of drug-likeness (QED) is 0.280. The number of methoxy groups -OCH3 is 1. The molecule has 0 spiro atoms. The maximum absolute atomic E-state index is 13.1. The van der Waals surface area contributed by atoms with Gasteiger partial charge in [-0.2, -0.15) is 5.26 Å². The molecular formula is C26H19ClN2O3S2. The van der Waals surface area contributed by atoms with Gasteiger partial charge in [-0.25, -0.2) is 0 Å². The standard InChI is InChI=1S/C26H19ClN2O3S2/c1-16-7-3-6-10-21(16)29-25(30)23(34-26(29)33)13-17-11-20(27)24(22(12-17)31-2)32-15-19-9-5-4-8-18(19)14-28/h3-13H,15H2,1-2H3/b23-13-. The van der Waals surface area contributed by atoms with Gasteiger partial charge in [0.2, 0.25) is 0 Å². The van der Waals surface area contributed by atoms with Gasteiger partial charge in [0.05, 0.1) is 34.4 Å². The van der Waals surface area contributed by atoms with Crippen molar-refractivity contribution in [3.63, 3.8) is 0 Å². The van der Waals surface area contributed by atoms with Crippen LogP contribution in [0.15, 0.2) is 65.6 Å². The largest absolute Gasteiger partial charge is 0.493 e. The number of benzene rings is 3. The third-order valence-corrected chi connectivity index (χ3v) is 6.79. The van der Waals surface area contributed by atoms with Crippen molar-refractivity contribution in [3.05, 3.63) is 92.8 Å². The summed E-state index contributed by atoms with van der Waals surface area (Å²) in [5.74, 6) is 0.594. The highest BCUT2D eigenvalue weighted by molar-refractivity contribution is 8.27. The summed E-state index contributed by atoms with van der Waals surface area (Å²) in [6.07, 6.45) is 1.74. The number of nitriles is 1. The second-order valence-corrected chi connectivity index (χ2v) is 9.48. The van der Waals surface area contributed by atoms with Crippen LogP contribution in [0.4, 0.5) is 5.69 Å². The van der Waals surface area contributed by atoms with Gasteiger partial charge in [0.15, 0.2) is 15.8 Å². The second kappa shape index (κ2) is 10.3. The summed E-state index contributed by atoms with van der Waals surface area (Å²) in [5, 5.41) is 9.61. The molecule has 0 aliphatic carbocycles. The molecule has 1 amide bonds. The van der Waals surface area contributed by atoms with Crippen LogP contribution in [0, 0.1) is 18.3 Å². The Morgan fingerprint density at radius 3 is 2.65 bits per heavy atom. The van der Waals surface area contributed by atoms with Crippen LogP contribution in [0.1, 0.15) is 22.3 Å². The highest BCUT2D eigenvalue weighted by atomic mass is 35.5. The van der Waals surface area contributed by atoms with Crippen LogP contribution in [-0.2, 0) is 11.4 Å². The first-order valence-corrected chi connectivity index (χ1v) is 11.8. The zero-order chi connectivity index (χ0) is 24.2. The van der Waals surface area contributed by atoms with E-state index in [1.54, 1.807) is 35.2 Å². The van der Waals surface area contributed by atoms with E-state index in [9.17, 15) is 10.1 Å². The zero-order valence-electron chi connectivity index (χ0n) is 18.4. The average Bonchev–Trinajstić information content (AvgIpc) is 3.11. The number of ether oxygens (including phenoxy) is 2. The number of rotatable bonds is 6. The molecule has 5 nitrogen and oxygen atoms in total. The Morgan fingerprint density at radius 2 is 1.91 bits per heavy atom. The van der Waals surface area contributed by atoms with E-state index in [1.165, 1.54) is 18.9 Å². The fraction of sp³-hybridized carbons (Fsp3) is 0.115. The number of nitrogens with zero attached hydrogens (tertiary/aromatic N) is 2. The normalized spacial score (nSPS) is 14.4. The van der Waals surface area contributed by atoms with Gasteiger partial charge < -0.3 is 9.47 Å². The van der Waals surface area contributed by atoms with Gasteiger partial charge >= 0.3 is 0 Å². The summed E-state index contributed by atoms with van der Waals surface area (Å²) in [6, 6.07) is 20.4. The van der Waals surface area contributed by atoms with Crippen LogP contribution in [0.25, 0.3) is 6.08 Å². The SMILES string of the molecule is COc1cc(/C=C2\SC(=S)N(c3ccccc3C)C2=O)cc(Cl)c1OCc1ccccc1C#N. The Morgan fingerprint density at radius 1 is 1.18 bits per heavy atom. The molecule has 4 rings (SSSR count). The minimum atomic E-state index is -0.187. The van der Waals surface area contributed by atoms with Gasteiger partial charge in [-0.05, 0) is 48.4 Å². The predicted octanol–water partition coefficient (Wildman–Crippen LogP) is 6.51. The smallest absolute Gasteiger partial charge is 0.270 e. The minimum Gasteiger partial charge on any atom is -0.493 e. The Kier molecular flexibility index (Phi) is 7.23. The van der Waals surface area contributed by atoms with Crippen molar-refractivity contribution in [3.8, 4) is 17.6 Å². The number of thiocarbonyl (C=S) groups is 1. The van der Waals surface area contributed by atoms with Crippen LogP contribution >= 0.6 is 35.6 Å². The van der Waals surface area contributed by atoms with E-state index in [0.717, 1.165) is 16.8 Å². The Balaban J connectivity index is 1.60. The molecular weight excluding hydrogens is 488 g/mol. The maximum Gasteiger partial charge on any atom is 0.270 e. The van der Waals surface area contributed by atoms with Crippen molar-refractivity contribution >= 4 is 57.6 Å². The van der Waals surface area contributed by atoms with Gasteiger partial charge in [0, 0.05) is 5.56 Å². The molecule has 0 atom stereocenters. The first kappa shape index (κ1) is 23.8. The average molecular weight is 507 g/mol. The molecule has 0 saturated carbocycles. The van der Waals surface area contributed by atoms with Gasteiger partial charge in [0.25, 0.3) is 5.91 Å². The number of para-hydroxylation sites is 1. The predicted molar refractivity (Wildman–Crippen MR) is 140 cm³/mol. The monoisotopic (exact) mass is 506 g/mol. The van der Waals surface area contributed by atoms with Gasteiger partial charge in [0.1, 0.15) is 6.61 Å². The van der Waals surface area contributed by atoms with Crippen LogP contribution < -0.4 is 14.4 Å². The summed E-state index contributed by atoms with van der Waals surface area (Å²) in [4.78, 5) is 15.2. The Bertz CT molecular complexity index is 1360. The van der Waals surface area contributed by atoms with E-state index in [4.69, 9.17) is 33.3 Å². The van der Waals surface area contributed by atoms with Crippen molar-refractivity contribution in [1.82, 2.24) is 0 Å². The van der Waals surface area contributed by atoms with Gasteiger partial charge in [-0.1, -0.05) is 72.0 Å². The number of hydrogen-bond acceptors (Lipinski definition) is 6. The molecule has 0 radical (unpaired) electrons. The first-order valence-electron chi connectivity index (χ1n) is 10.2. The van der Waals surface area contributed by atoms with Crippen LogP contribution in [-0.4, -0.2) is 17.3 Å². The topological polar surface area (TPSA) is 62.6 Å². The summed E-state index contributed by atoms with van der Waals surface area (Å²) in [7, 11) is 1.52. The van der Waals surface area contributed by atoms with Gasteiger partial charge in [-0.3, -0.25) is 9.69 Å². The maximum atomic E-state index is 13.1. The fourth-order valence-corrected chi connectivity index (χ4v) is 5.07. The van der Waals surface area contributed by atoms with Crippen molar-refractivity contribution in [1.29, 1.82) is 5.26 Å². The number of thioether (sulfide) groups is 1. The molecule has 0 unspecified atom stereocenters. The van der Waals surface area contributed by atoms with Crippen molar-refractivity contribution < 1.29 is 14.3 Å². The summed E-state index contributed by atoms with van der Waals surface area (Å²) in [6.45, 7) is 2.10. The Labute approximate surface area is 212 Å². The van der Waals surface area contributed by atoms with Gasteiger partial charge in [-0.15, -0.1) is 0 Å². The lowest BCUT2D eigenvalue weighted by Crippen LogP contribution is -2.28. The lowest BCUT2D eigenvalue weighted by atomic mass is 10.1. The number of carbonyl (C=O) groups is 1. The molecule has 0 aromatic heterocycles. The molecule has 3 aromatic carbocycles. The third-order valence-electron chi connectivity index (χ3n) is 5.21. The number of carbonyl (C=O) groups excluding carboxylic acids is 1. The molecule has 34 heavy (non-hydrogen) atoms. The molecule has 0 N–H and O–H groups in total. The molecule has 1 aliphatic rings. The molecule has 1 heterocycles. The highest BCUT2D eigenvalue weighted by Gasteiger charge is 2.34. The first-order chi connectivity index (χ1) is 16.4. The number of halogens is 1. The van der Waals surface area contributed by atoms with E-state index < -0.39 is 0 Å². The van der Waals surface area contributed by atoms with Crippen LogP contribution in [0.5, 0.6) is 11.5 Å². The van der Waals surface area contributed by atoms with Crippen molar-refractivity contribution in [2.24, 2.45) is 0 Å². The molecule has 3 aromatic rings. The lowest BCUT2D eigenvalue weighted by Gasteiger charge is -2.16. The molecule has 1 aliphatic heterocycles. The summed E-state index contributed by atoms with van der Waals surface area (Å²) >= 11 is 13.2. The van der Waals surface area contributed by atoms with E-state index in [-0.39, 0.29) is 12.5 Å². The van der Waals surface area contributed by atoms with E-state index >= 15 is 0 Å². The zero-order valence-corrected chi connectivity index (χ0v) is 20.8. The molecule has 1 fully saturated rings. The minimum absolute atomic E-state index is 0.161. The number of hydrogen-bond donors (Lipinski definition) is 0. The molecule has 8 heteroatoms. The summed E-state index contributed by atoms with van der Waals surface area (Å²) in [5.41, 5.74) is 3.68. The Hall–Kier alpha value is -3.31. The fourth-order valence-electron chi connectivity index (χ4n) is 3.51. The van der Waals surface area contributed by atoms with Crippen LogP contribution in [0.2, 0.25) is 5.02 Å². The number of anilines is 1. The number of amides is 1. The summed E-state index contributed by atoms with van der Waals surface area (Å²) < 4.78 is 11.9. The molecule has 1 saturated heterocycles. The molecule has 0 bridgehead atoms. The van der Waals surface area contributed by atoms with E-state index in [0.29, 0.717) is 36.9 Å². The van der Waals surface area contributed by atoms with Crippen molar-refractivity contribution in [2.75, 3.05) is 12.0 Å². The molecule has 170 valence electrons. The van der Waals surface area contributed by atoms with E-state index in [1.807, 2.05) is 43.3 Å². The third kappa shape index (κ3) is 4.80. The highest BCUT2D eigenvalue weighted by Crippen LogP contribution is 2.40. The second-order valence-electron chi connectivity index (χ2n) is 7.40. The van der Waals surface area contributed by atoms with Crippen molar-refractivity contribution in [2.45, 2.75) is 13.5 Å². The van der Waals surface area contributed by atoms with E-state index in [2.05, 4.69) is 6.07 Å². The van der Waals surface area contributed by atoms with Crippen LogP contribution in [0.3, 0.4) is 0 Å².